The van der Waals surface area contributed by atoms with Crippen molar-refractivity contribution in [3.8, 4) is 0 Å². The zero-order valence-electron chi connectivity index (χ0n) is 8.13. The molecule has 0 aliphatic carbocycles. The van der Waals surface area contributed by atoms with E-state index in [0.29, 0.717) is 5.76 Å². The van der Waals surface area contributed by atoms with E-state index in [0.717, 1.165) is 14.5 Å². The third kappa shape index (κ3) is 2.68. The Kier molecular flexibility index (Phi) is 3.69. The average molecular weight is 298 g/mol. The van der Waals surface area contributed by atoms with E-state index in [1.54, 1.807) is 6.07 Å². The van der Waals surface area contributed by atoms with Crippen molar-refractivity contribution >= 4 is 33.9 Å². The molecule has 0 fully saturated rings. The highest BCUT2D eigenvalue weighted by molar-refractivity contribution is 9.10. The highest BCUT2D eigenvalue weighted by atomic mass is 79.9. The minimum Gasteiger partial charge on any atom is -0.447 e. The third-order valence-electron chi connectivity index (χ3n) is 1.81. The number of oxime groups is 1. The molecule has 0 amide bonds. The molecule has 3 nitrogen and oxygen atoms in total. The fourth-order valence-electron chi connectivity index (χ4n) is 1.15. The highest BCUT2D eigenvalue weighted by Gasteiger charge is 2.09. The molecule has 2 rings (SSSR count). The molecule has 0 aliphatic heterocycles. The van der Waals surface area contributed by atoms with Crippen molar-refractivity contribution in [2.75, 3.05) is 0 Å². The lowest BCUT2D eigenvalue weighted by Crippen LogP contribution is -1.72. The largest absolute Gasteiger partial charge is 0.447 e. The predicted molar refractivity (Wildman–Crippen MR) is 66.4 cm³/mol. The molecule has 5 heteroatoms. The molecule has 0 radical (unpaired) electrons. The third-order valence-corrected chi connectivity index (χ3v) is 3.66. The van der Waals surface area contributed by atoms with E-state index in [1.807, 2.05) is 30.3 Å². The molecule has 2 aromatic rings. The lowest BCUT2D eigenvalue weighted by molar-refractivity contribution is 0.320. The van der Waals surface area contributed by atoms with Crippen LogP contribution in [0.15, 0.2) is 60.4 Å². The summed E-state index contributed by atoms with van der Waals surface area (Å²) in [6.45, 7) is 0. The summed E-state index contributed by atoms with van der Waals surface area (Å²) in [7, 11) is 0. The van der Waals surface area contributed by atoms with E-state index in [4.69, 9.17) is 9.62 Å². The molecule has 0 unspecified atom stereocenters. The van der Waals surface area contributed by atoms with Crippen LogP contribution in [0.3, 0.4) is 0 Å². The minimum atomic E-state index is 0.507. The number of rotatable bonds is 3. The normalized spacial score (nSPS) is 11.1. The molecule has 0 spiro atoms. The molecule has 1 aromatic carbocycles. The number of halogens is 1. The van der Waals surface area contributed by atoms with Gasteiger partial charge >= 0.3 is 0 Å². The van der Waals surface area contributed by atoms with E-state index >= 15 is 0 Å². The van der Waals surface area contributed by atoms with E-state index in [9.17, 15) is 0 Å². The van der Waals surface area contributed by atoms with Gasteiger partial charge in [-0.15, -0.1) is 0 Å². The molecule has 0 aliphatic rings. The van der Waals surface area contributed by atoms with E-state index < -0.39 is 0 Å². The van der Waals surface area contributed by atoms with Gasteiger partial charge in [0.15, 0.2) is 10.9 Å². The summed E-state index contributed by atoms with van der Waals surface area (Å²) in [4.78, 5) is 1.09. The molecule has 1 N–H and O–H groups in total. The highest BCUT2D eigenvalue weighted by Crippen LogP contribution is 2.35. The van der Waals surface area contributed by atoms with Crippen molar-refractivity contribution < 1.29 is 9.62 Å². The fraction of sp³-hybridized carbons (Fsp3) is 0. The minimum absolute atomic E-state index is 0.507. The van der Waals surface area contributed by atoms with Crippen LogP contribution >= 0.6 is 27.7 Å². The second-order valence-electron chi connectivity index (χ2n) is 2.94. The lowest BCUT2D eigenvalue weighted by Gasteiger charge is -1.97. The molecule has 0 atom stereocenters. The Morgan fingerprint density at radius 1 is 1.31 bits per heavy atom. The first kappa shape index (κ1) is 11.3. The Labute approximate surface area is 105 Å². The number of nitrogens with zero attached hydrogens (tertiary/aromatic N) is 1. The summed E-state index contributed by atoms with van der Waals surface area (Å²) in [6, 6.07) is 11.7. The van der Waals surface area contributed by atoms with Crippen LogP contribution in [0, 0.1) is 0 Å². The Hall–Kier alpha value is -1.20. The van der Waals surface area contributed by atoms with E-state index in [-0.39, 0.29) is 0 Å². The van der Waals surface area contributed by atoms with Crippen LogP contribution in [-0.4, -0.2) is 11.4 Å². The maximum Gasteiger partial charge on any atom is 0.180 e. The zero-order valence-corrected chi connectivity index (χ0v) is 10.5. The van der Waals surface area contributed by atoms with Gasteiger partial charge in [0.2, 0.25) is 0 Å². The second-order valence-corrected chi connectivity index (χ2v) is 4.84. The molecule has 1 heterocycles. The van der Waals surface area contributed by atoms with Gasteiger partial charge in [-0.2, -0.15) is 0 Å². The van der Waals surface area contributed by atoms with Gasteiger partial charge in [-0.1, -0.05) is 35.1 Å². The molecule has 82 valence electrons. The first-order chi connectivity index (χ1) is 7.79. The maximum absolute atomic E-state index is 8.40. The predicted octanol–water partition coefficient (Wildman–Crippen LogP) is 4.00. The summed E-state index contributed by atoms with van der Waals surface area (Å²) in [5.74, 6) is 0.507. The van der Waals surface area contributed by atoms with Gasteiger partial charge in [0.25, 0.3) is 0 Å². The Morgan fingerprint density at radius 2 is 2.06 bits per heavy atom. The molecule has 0 bridgehead atoms. The molecular weight excluding hydrogens is 290 g/mol. The van der Waals surface area contributed by atoms with Crippen LogP contribution < -0.4 is 0 Å². The number of furan rings is 1. The topological polar surface area (TPSA) is 45.7 Å². The molecule has 0 saturated heterocycles. The van der Waals surface area contributed by atoms with Crippen LogP contribution in [0.2, 0.25) is 0 Å². The fourth-order valence-corrected chi connectivity index (χ4v) is 2.51. The summed E-state index contributed by atoms with van der Waals surface area (Å²) >= 11 is 4.89. The van der Waals surface area contributed by atoms with Crippen LogP contribution in [0.5, 0.6) is 0 Å². The van der Waals surface area contributed by atoms with Gasteiger partial charge in [-0.05, 0) is 28.1 Å². The summed E-state index contributed by atoms with van der Waals surface area (Å²) in [6.07, 6.45) is 1.25. The van der Waals surface area contributed by atoms with Gasteiger partial charge in [-0.25, -0.2) is 0 Å². The Morgan fingerprint density at radius 3 is 2.75 bits per heavy atom. The van der Waals surface area contributed by atoms with Crippen LogP contribution in [0.4, 0.5) is 0 Å². The van der Waals surface area contributed by atoms with Gasteiger partial charge in [0.05, 0.1) is 4.47 Å². The van der Waals surface area contributed by atoms with Crippen molar-refractivity contribution in [1.29, 1.82) is 0 Å². The Bertz CT molecular complexity index is 496. The van der Waals surface area contributed by atoms with Gasteiger partial charge in [0, 0.05) is 11.0 Å². The average Bonchev–Trinajstić information content (AvgIpc) is 2.61. The second kappa shape index (κ2) is 5.23. The van der Waals surface area contributed by atoms with E-state index in [2.05, 4.69) is 21.1 Å². The van der Waals surface area contributed by atoms with Crippen LogP contribution in [0.1, 0.15) is 5.76 Å². The van der Waals surface area contributed by atoms with Crippen molar-refractivity contribution in [1.82, 2.24) is 0 Å². The number of hydrogen-bond donors (Lipinski definition) is 1. The smallest absolute Gasteiger partial charge is 0.180 e. The Balaban J connectivity index is 2.22. The summed E-state index contributed by atoms with van der Waals surface area (Å²) in [5, 5.41) is 12.1. The van der Waals surface area contributed by atoms with Gasteiger partial charge in [0.1, 0.15) is 6.21 Å². The van der Waals surface area contributed by atoms with Crippen molar-refractivity contribution in [2.24, 2.45) is 5.16 Å². The maximum atomic E-state index is 8.40. The van der Waals surface area contributed by atoms with Gasteiger partial charge in [-0.3, -0.25) is 0 Å². The quantitative estimate of drug-likeness (QED) is 0.529. The molecule has 1 aromatic heterocycles. The monoisotopic (exact) mass is 297 g/mol. The molecule has 16 heavy (non-hydrogen) atoms. The standard InChI is InChI=1S/C11H8BrNO2S/c12-10-6-8(7-13-14)15-11(10)16-9-4-2-1-3-5-9/h1-7,14H/b13-7-. The lowest BCUT2D eigenvalue weighted by atomic mass is 10.4. The summed E-state index contributed by atoms with van der Waals surface area (Å²) in [5.41, 5.74) is 0. The van der Waals surface area contributed by atoms with Crippen LogP contribution in [-0.2, 0) is 0 Å². The first-order valence-electron chi connectivity index (χ1n) is 4.49. The number of benzene rings is 1. The zero-order chi connectivity index (χ0) is 11.4. The molecular formula is C11H8BrNO2S. The van der Waals surface area contributed by atoms with Gasteiger partial charge < -0.3 is 9.62 Å². The van der Waals surface area contributed by atoms with Crippen molar-refractivity contribution in [3.05, 3.63) is 46.6 Å². The summed E-state index contributed by atoms with van der Waals surface area (Å²) < 4.78 is 6.31. The molecule has 0 saturated carbocycles. The number of hydrogen-bond acceptors (Lipinski definition) is 4. The van der Waals surface area contributed by atoms with Crippen LogP contribution in [0.25, 0.3) is 0 Å². The van der Waals surface area contributed by atoms with E-state index in [1.165, 1.54) is 18.0 Å². The first-order valence-corrected chi connectivity index (χ1v) is 6.10. The van der Waals surface area contributed by atoms with Crippen molar-refractivity contribution in [2.45, 2.75) is 9.99 Å². The van der Waals surface area contributed by atoms with Crippen molar-refractivity contribution in [3.63, 3.8) is 0 Å². The SMILES string of the molecule is O/N=C\c1cc(Br)c(Sc2ccccc2)o1.